The van der Waals surface area contributed by atoms with Crippen LogP contribution < -0.4 is 10.5 Å². The Morgan fingerprint density at radius 3 is 2.55 bits per heavy atom. The molecule has 0 radical (unpaired) electrons. The summed E-state index contributed by atoms with van der Waals surface area (Å²) in [5.74, 6) is -0.727. The Morgan fingerprint density at radius 1 is 1.00 bits per heavy atom. The van der Waals surface area contributed by atoms with Crippen molar-refractivity contribution < 1.29 is 19.7 Å². The van der Waals surface area contributed by atoms with Gasteiger partial charge in [-0.25, -0.2) is 0 Å². The molecule has 0 aliphatic rings. The first kappa shape index (κ1) is 12.1. The van der Waals surface area contributed by atoms with Gasteiger partial charge >= 0.3 is 0 Å². The molecule has 2 aromatic carbocycles. The second kappa shape index (κ2) is 4.31. The average Bonchev–Trinajstić information content (AvgIpc) is 2.41. The molecule has 3 rings (SSSR count). The van der Waals surface area contributed by atoms with E-state index < -0.39 is 11.5 Å². The van der Waals surface area contributed by atoms with Crippen molar-refractivity contribution >= 4 is 11.0 Å². The molecule has 0 atom stereocenters. The van der Waals surface area contributed by atoms with Crippen LogP contribution in [0.15, 0.2) is 51.7 Å². The predicted octanol–water partition coefficient (Wildman–Crippen LogP) is 1.94. The summed E-state index contributed by atoms with van der Waals surface area (Å²) >= 11 is 0. The Morgan fingerprint density at radius 2 is 1.80 bits per heavy atom. The van der Waals surface area contributed by atoms with Crippen LogP contribution in [0.5, 0.6) is 17.2 Å². The summed E-state index contributed by atoms with van der Waals surface area (Å²) < 4.78 is 5.53. The maximum Gasteiger partial charge on any atom is 0.193 e. The van der Waals surface area contributed by atoms with Crippen molar-refractivity contribution in [1.29, 1.82) is 0 Å². The minimum Gasteiger partial charge on any atom is -0.870 e. The number of hydrogen-bond acceptors (Lipinski definition) is 5. The molecule has 3 aromatic rings. The van der Waals surface area contributed by atoms with Crippen LogP contribution in [0.4, 0.5) is 0 Å². The van der Waals surface area contributed by atoms with Crippen molar-refractivity contribution in [3.05, 3.63) is 52.7 Å². The van der Waals surface area contributed by atoms with Crippen molar-refractivity contribution in [2.75, 3.05) is 0 Å². The molecule has 0 spiro atoms. The van der Waals surface area contributed by atoms with Gasteiger partial charge in [0.1, 0.15) is 22.8 Å². The van der Waals surface area contributed by atoms with Crippen LogP contribution in [-0.2, 0) is 0 Å². The lowest BCUT2D eigenvalue weighted by Gasteiger charge is -2.10. The second-order valence-corrected chi connectivity index (χ2v) is 4.34. The molecule has 20 heavy (non-hydrogen) atoms. The van der Waals surface area contributed by atoms with Crippen LogP contribution in [0.25, 0.3) is 22.3 Å². The van der Waals surface area contributed by atoms with Gasteiger partial charge in [-0.2, -0.15) is 0 Å². The minimum absolute atomic E-state index is 0.0180. The minimum atomic E-state index is -0.505. The number of phenolic OH excluding ortho intramolecular Hbond substituents is 2. The van der Waals surface area contributed by atoms with Gasteiger partial charge in [0.05, 0.1) is 5.39 Å². The fourth-order valence-corrected chi connectivity index (χ4v) is 1.96. The quantitative estimate of drug-likeness (QED) is 0.704. The number of aromatic hydroxyl groups is 2. The van der Waals surface area contributed by atoms with E-state index in [9.17, 15) is 20.1 Å². The molecular weight excluding hydrogens is 260 g/mol. The highest BCUT2D eigenvalue weighted by Gasteiger charge is 2.08. The van der Waals surface area contributed by atoms with Crippen LogP contribution in [-0.4, -0.2) is 10.2 Å². The van der Waals surface area contributed by atoms with Gasteiger partial charge in [-0.1, -0.05) is 17.9 Å². The summed E-state index contributed by atoms with van der Waals surface area (Å²) in [6.45, 7) is 0. The Bertz CT molecular complexity index is 864. The predicted molar refractivity (Wildman–Crippen MR) is 70.7 cm³/mol. The molecule has 0 bridgehead atoms. The van der Waals surface area contributed by atoms with Gasteiger partial charge in [0.25, 0.3) is 0 Å². The zero-order chi connectivity index (χ0) is 14.3. The van der Waals surface area contributed by atoms with E-state index in [1.165, 1.54) is 42.5 Å². The van der Waals surface area contributed by atoms with Crippen molar-refractivity contribution in [3.8, 4) is 28.6 Å². The highest BCUT2D eigenvalue weighted by molar-refractivity contribution is 5.80. The lowest BCUT2D eigenvalue weighted by atomic mass is 10.1. The molecule has 5 heteroatoms. The third-order valence-corrected chi connectivity index (χ3v) is 2.96. The van der Waals surface area contributed by atoms with E-state index in [2.05, 4.69) is 0 Å². The number of phenols is 2. The van der Waals surface area contributed by atoms with Gasteiger partial charge < -0.3 is 19.7 Å². The van der Waals surface area contributed by atoms with Gasteiger partial charge in [0.2, 0.25) is 0 Å². The lowest BCUT2D eigenvalue weighted by molar-refractivity contribution is -0.270. The van der Waals surface area contributed by atoms with Gasteiger partial charge in [0.15, 0.2) is 5.43 Å². The van der Waals surface area contributed by atoms with E-state index in [-0.39, 0.29) is 22.5 Å². The third kappa shape index (κ3) is 1.95. The SMILES string of the molecule is O=c1cc(-c2ccc([O-])c(O)c2)oc2cc(O)ccc12. The normalized spacial score (nSPS) is 10.8. The summed E-state index contributed by atoms with van der Waals surface area (Å²) in [4.78, 5) is 12.0. The summed E-state index contributed by atoms with van der Waals surface area (Å²) in [6, 6.07) is 9.36. The van der Waals surface area contributed by atoms with Crippen molar-refractivity contribution in [3.63, 3.8) is 0 Å². The molecule has 5 nitrogen and oxygen atoms in total. The van der Waals surface area contributed by atoms with Gasteiger partial charge in [-0.05, 0) is 18.2 Å². The van der Waals surface area contributed by atoms with Crippen LogP contribution in [0.2, 0.25) is 0 Å². The molecule has 0 aliphatic carbocycles. The van der Waals surface area contributed by atoms with Crippen LogP contribution in [0.1, 0.15) is 0 Å². The molecule has 0 fully saturated rings. The highest BCUT2D eigenvalue weighted by atomic mass is 16.3. The number of rotatable bonds is 1. The van der Waals surface area contributed by atoms with Crippen molar-refractivity contribution in [1.82, 2.24) is 0 Å². The molecule has 0 amide bonds. The summed E-state index contributed by atoms with van der Waals surface area (Å²) in [7, 11) is 0. The third-order valence-electron chi connectivity index (χ3n) is 2.96. The number of hydrogen-bond donors (Lipinski definition) is 2. The smallest absolute Gasteiger partial charge is 0.193 e. The molecule has 2 N–H and O–H groups in total. The van der Waals surface area contributed by atoms with E-state index in [1.54, 1.807) is 0 Å². The highest BCUT2D eigenvalue weighted by Crippen LogP contribution is 2.30. The monoisotopic (exact) mass is 269 g/mol. The Hall–Kier alpha value is -2.95. The topological polar surface area (TPSA) is 93.7 Å². The molecule has 0 aliphatic heterocycles. The fourth-order valence-electron chi connectivity index (χ4n) is 1.96. The van der Waals surface area contributed by atoms with Crippen molar-refractivity contribution in [2.24, 2.45) is 0 Å². The van der Waals surface area contributed by atoms with Crippen LogP contribution >= 0.6 is 0 Å². The Kier molecular flexibility index (Phi) is 2.61. The largest absolute Gasteiger partial charge is 0.870 e. The van der Waals surface area contributed by atoms with Crippen LogP contribution in [0.3, 0.4) is 0 Å². The average molecular weight is 269 g/mol. The summed E-state index contributed by atoms with van der Waals surface area (Å²) in [5, 5.41) is 30.3. The first-order valence-corrected chi connectivity index (χ1v) is 5.82. The maximum absolute atomic E-state index is 12.0. The van der Waals surface area contributed by atoms with Gasteiger partial charge in [0, 0.05) is 17.7 Å². The van der Waals surface area contributed by atoms with Crippen molar-refractivity contribution in [2.45, 2.75) is 0 Å². The molecular formula is C15H9O5-. The van der Waals surface area contributed by atoms with Gasteiger partial charge in [-0.15, -0.1) is 0 Å². The number of benzene rings is 2. The molecule has 0 saturated heterocycles. The number of fused-ring (bicyclic) bond motifs is 1. The van der Waals surface area contributed by atoms with E-state index >= 15 is 0 Å². The standard InChI is InChI=1S/C15H10O5/c16-9-2-3-10-12(18)7-14(20-15(10)6-9)8-1-4-11(17)13(19)5-8/h1-7,16-17,19H/p-1. The van der Waals surface area contributed by atoms with E-state index in [0.717, 1.165) is 0 Å². The van der Waals surface area contributed by atoms with E-state index in [0.29, 0.717) is 10.9 Å². The first-order valence-electron chi connectivity index (χ1n) is 5.82. The zero-order valence-electron chi connectivity index (χ0n) is 10.2. The van der Waals surface area contributed by atoms with E-state index in [1.807, 2.05) is 0 Å². The van der Waals surface area contributed by atoms with Gasteiger partial charge in [-0.3, -0.25) is 4.79 Å². The molecule has 0 unspecified atom stereocenters. The lowest BCUT2D eigenvalue weighted by Crippen LogP contribution is -2.00. The molecule has 1 heterocycles. The fraction of sp³-hybridized carbons (Fsp3) is 0. The zero-order valence-corrected chi connectivity index (χ0v) is 10.2. The maximum atomic E-state index is 12.0. The molecule has 0 saturated carbocycles. The Balaban J connectivity index is 2.26. The van der Waals surface area contributed by atoms with Crippen LogP contribution in [0, 0.1) is 0 Å². The summed E-state index contributed by atoms with van der Waals surface area (Å²) in [6.07, 6.45) is 0. The Labute approximate surface area is 113 Å². The summed E-state index contributed by atoms with van der Waals surface area (Å²) in [5.41, 5.74) is 0.370. The molecule has 100 valence electrons. The van der Waals surface area contributed by atoms with E-state index in [4.69, 9.17) is 4.42 Å². The first-order chi connectivity index (χ1) is 9.54. The molecule has 1 aromatic heterocycles. The second-order valence-electron chi connectivity index (χ2n) is 4.34.